The summed E-state index contributed by atoms with van der Waals surface area (Å²) in [5.41, 5.74) is 2.74. The molecule has 0 fully saturated rings. The molecule has 96 valence electrons. The Morgan fingerprint density at radius 1 is 1.06 bits per heavy atom. The van der Waals surface area contributed by atoms with E-state index in [0.717, 1.165) is 26.2 Å². The third-order valence-corrected chi connectivity index (χ3v) is 2.46. The van der Waals surface area contributed by atoms with Gasteiger partial charge in [0.2, 0.25) is 0 Å². The summed E-state index contributed by atoms with van der Waals surface area (Å²) < 4.78 is 5.51. The Hall–Kier alpha value is -0.860. The molecule has 0 amide bonds. The molecule has 0 saturated carbocycles. The lowest BCUT2D eigenvalue weighted by Crippen LogP contribution is -2.35. The first-order valence-electron chi connectivity index (χ1n) is 6.42. The molecule has 1 N–H and O–H groups in total. The monoisotopic (exact) mass is 235 g/mol. The summed E-state index contributed by atoms with van der Waals surface area (Å²) in [7, 11) is 0. The first-order valence-corrected chi connectivity index (χ1v) is 6.42. The number of ether oxygens (including phenoxy) is 1. The standard InChI is InChI=1S/C15H25NO/c1-5-10-17-12-14-8-6-13(7-9-14)11-16-15(2,3)4/h6-9,16H,5,10-12H2,1-4H3. The quantitative estimate of drug-likeness (QED) is 0.762. The van der Waals surface area contributed by atoms with Gasteiger partial charge < -0.3 is 10.1 Å². The average molecular weight is 235 g/mol. The van der Waals surface area contributed by atoms with Crippen LogP contribution in [0.15, 0.2) is 24.3 Å². The largest absolute Gasteiger partial charge is 0.377 e. The maximum Gasteiger partial charge on any atom is 0.0716 e. The fourth-order valence-corrected chi connectivity index (χ4v) is 1.45. The average Bonchev–Trinajstić information content (AvgIpc) is 2.27. The molecule has 0 aliphatic rings. The van der Waals surface area contributed by atoms with Crippen LogP contribution in [0.25, 0.3) is 0 Å². The smallest absolute Gasteiger partial charge is 0.0716 e. The van der Waals surface area contributed by atoms with Gasteiger partial charge in [0.05, 0.1) is 6.61 Å². The van der Waals surface area contributed by atoms with Crippen molar-refractivity contribution < 1.29 is 4.74 Å². The lowest BCUT2D eigenvalue weighted by Gasteiger charge is -2.20. The third kappa shape index (κ3) is 6.44. The van der Waals surface area contributed by atoms with Gasteiger partial charge in [0, 0.05) is 18.7 Å². The van der Waals surface area contributed by atoms with E-state index in [9.17, 15) is 0 Å². The van der Waals surface area contributed by atoms with Crippen LogP contribution in [0.5, 0.6) is 0 Å². The maximum atomic E-state index is 5.51. The molecule has 1 aromatic rings. The SMILES string of the molecule is CCCOCc1ccc(CNC(C)(C)C)cc1. The number of hydrogen-bond donors (Lipinski definition) is 1. The van der Waals surface area contributed by atoms with Gasteiger partial charge in [-0.3, -0.25) is 0 Å². The molecule has 0 bridgehead atoms. The second-order valence-electron chi connectivity index (χ2n) is 5.47. The van der Waals surface area contributed by atoms with Gasteiger partial charge in [-0.05, 0) is 38.3 Å². The van der Waals surface area contributed by atoms with E-state index in [1.807, 2.05) is 0 Å². The van der Waals surface area contributed by atoms with Crippen LogP contribution in [0.4, 0.5) is 0 Å². The fourth-order valence-electron chi connectivity index (χ4n) is 1.45. The van der Waals surface area contributed by atoms with Crippen LogP contribution in [0.1, 0.15) is 45.2 Å². The number of hydrogen-bond acceptors (Lipinski definition) is 2. The zero-order chi connectivity index (χ0) is 12.7. The van der Waals surface area contributed by atoms with E-state index in [-0.39, 0.29) is 5.54 Å². The third-order valence-electron chi connectivity index (χ3n) is 2.46. The molecule has 0 saturated heterocycles. The summed E-state index contributed by atoms with van der Waals surface area (Å²) >= 11 is 0. The van der Waals surface area contributed by atoms with Gasteiger partial charge in [-0.25, -0.2) is 0 Å². The van der Waals surface area contributed by atoms with E-state index in [4.69, 9.17) is 4.74 Å². The second kappa shape index (κ2) is 6.77. The molecule has 1 aromatic carbocycles. The van der Waals surface area contributed by atoms with Crippen molar-refractivity contribution in [3.8, 4) is 0 Å². The number of nitrogens with one attached hydrogen (secondary N) is 1. The van der Waals surface area contributed by atoms with Crippen LogP contribution in [0.3, 0.4) is 0 Å². The zero-order valence-electron chi connectivity index (χ0n) is 11.5. The molecule has 0 radical (unpaired) electrons. The van der Waals surface area contributed by atoms with Crippen LogP contribution in [-0.4, -0.2) is 12.1 Å². The lowest BCUT2D eigenvalue weighted by atomic mass is 10.1. The summed E-state index contributed by atoms with van der Waals surface area (Å²) in [6, 6.07) is 8.64. The summed E-state index contributed by atoms with van der Waals surface area (Å²) in [6.45, 7) is 11.1. The van der Waals surface area contributed by atoms with Crippen molar-refractivity contribution in [1.29, 1.82) is 0 Å². The molecule has 0 spiro atoms. The summed E-state index contributed by atoms with van der Waals surface area (Å²) in [4.78, 5) is 0. The molecule has 2 heteroatoms. The van der Waals surface area contributed by atoms with Gasteiger partial charge in [0.1, 0.15) is 0 Å². The first kappa shape index (κ1) is 14.2. The van der Waals surface area contributed by atoms with E-state index in [1.54, 1.807) is 0 Å². The van der Waals surface area contributed by atoms with E-state index in [2.05, 4.69) is 57.3 Å². The Balaban J connectivity index is 2.39. The minimum Gasteiger partial charge on any atom is -0.377 e. The molecule has 17 heavy (non-hydrogen) atoms. The highest BCUT2D eigenvalue weighted by Gasteiger charge is 2.07. The lowest BCUT2D eigenvalue weighted by molar-refractivity contribution is 0.121. The maximum absolute atomic E-state index is 5.51. The fraction of sp³-hybridized carbons (Fsp3) is 0.600. The zero-order valence-corrected chi connectivity index (χ0v) is 11.5. The summed E-state index contributed by atoms with van der Waals surface area (Å²) in [5.74, 6) is 0. The van der Waals surface area contributed by atoms with Gasteiger partial charge in [-0.1, -0.05) is 31.2 Å². The normalized spacial score (nSPS) is 11.8. The van der Waals surface area contributed by atoms with Crippen molar-refractivity contribution in [3.63, 3.8) is 0 Å². The number of rotatable bonds is 6. The van der Waals surface area contributed by atoms with E-state index in [1.165, 1.54) is 11.1 Å². The molecule has 2 nitrogen and oxygen atoms in total. The summed E-state index contributed by atoms with van der Waals surface area (Å²) in [6.07, 6.45) is 1.08. The predicted octanol–water partition coefficient (Wildman–Crippen LogP) is 3.50. The Morgan fingerprint density at radius 3 is 2.18 bits per heavy atom. The van der Waals surface area contributed by atoms with Gasteiger partial charge in [0.15, 0.2) is 0 Å². The van der Waals surface area contributed by atoms with Crippen molar-refractivity contribution >= 4 is 0 Å². The number of benzene rings is 1. The minimum atomic E-state index is 0.170. The predicted molar refractivity (Wildman–Crippen MR) is 73.0 cm³/mol. The minimum absolute atomic E-state index is 0.170. The molecule has 0 aliphatic carbocycles. The van der Waals surface area contributed by atoms with Gasteiger partial charge in [0.25, 0.3) is 0 Å². The van der Waals surface area contributed by atoms with Crippen molar-refractivity contribution in [2.24, 2.45) is 0 Å². The molecule has 0 aliphatic heterocycles. The van der Waals surface area contributed by atoms with Crippen molar-refractivity contribution in [2.75, 3.05) is 6.61 Å². The van der Waals surface area contributed by atoms with E-state index >= 15 is 0 Å². The first-order chi connectivity index (χ1) is 8.01. The topological polar surface area (TPSA) is 21.3 Å². The molecule has 0 unspecified atom stereocenters. The Bertz CT molecular complexity index is 311. The van der Waals surface area contributed by atoms with Crippen molar-refractivity contribution in [1.82, 2.24) is 5.32 Å². The molecular weight excluding hydrogens is 210 g/mol. The Labute approximate surface area is 105 Å². The van der Waals surface area contributed by atoms with Crippen LogP contribution in [0, 0.1) is 0 Å². The Morgan fingerprint density at radius 2 is 1.65 bits per heavy atom. The Kier molecular flexibility index (Phi) is 5.66. The van der Waals surface area contributed by atoms with Crippen LogP contribution >= 0.6 is 0 Å². The highest BCUT2D eigenvalue weighted by Crippen LogP contribution is 2.08. The second-order valence-corrected chi connectivity index (χ2v) is 5.47. The van der Waals surface area contributed by atoms with E-state index in [0.29, 0.717) is 0 Å². The highest BCUT2D eigenvalue weighted by atomic mass is 16.5. The molecule has 0 atom stereocenters. The van der Waals surface area contributed by atoms with Gasteiger partial charge in [-0.15, -0.1) is 0 Å². The van der Waals surface area contributed by atoms with Crippen molar-refractivity contribution in [3.05, 3.63) is 35.4 Å². The molecular formula is C15H25NO. The van der Waals surface area contributed by atoms with Crippen molar-refractivity contribution in [2.45, 2.75) is 52.8 Å². The van der Waals surface area contributed by atoms with Crippen LogP contribution in [-0.2, 0) is 17.9 Å². The van der Waals surface area contributed by atoms with Gasteiger partial charge in [-0.2, -0.15) is 0 Å². The van der Waals surface area contributed by atoms with E-state index < -0.39 is 0 Å². The molecule has 0 heterocycles. The van der Waals surface area contributed by atoms with Crippen LogP contribution in [0.2, 0.25) is 0 Å². The van der Waals surface area contributed by atoms with Gasteiger partial charge >= 0.3 is 0 Å². The summed E-state index contributed by atoms with van der Waals surface area (Å²) in [5, 5.41) is 3.48. The molecule has 0 aromatic heterocycles. The van der Waals surface area contributed by atoms with Crippen LogP contribution < -0.4 is 5.32 Å². The molecule has 1 rings (SSSR count). The highest BCUT2D eigenvalue weighted by molar-refractivity contribution is 5.22.